The molecule has 2 aliphatic heterocycles. The monoisotopic (exact) mass is 282 g/mol. The van der Waals surface area contributed by atoms with Crippen molar-refractivity contribution in [3.8, 4) is 0 Å². The molecule has 2 aromatic rings. The number of aromatic amines is 1. The highest BCUT2D eigenvalue weighted by Gasteiger charge is 2.30. The summed E-state index contributed by atoms with van der Waals surface area (Å²) in [5.41, 5.74) is 10.6. The fourth-order valence-electron chi connectivity index (χ4n) is 3.80. The number of nitrogens with zero attached hydrogens (tertiary/aromatic N) is 2. The minimum Gasteiger partial charge on any atom is -0.384 e. The van der Waals surface area contributed by atoms with Crippen LogP contribution < -0.4 is 5.73 Å². The zero-order valence-corrected chi connectivity index (χ0v) is 12.5. The van der Waals surface area contributed by atoms with Gasteiger partial charge >= 0.3 is 0 Å². The van der Waals surface area contributed by atoms with Gasteiger partial charge in [0, 0.05) is 24.3 Å². The second kappa shape index (κ2) is 4.88. The van der Waals surface area contributed by atoms with Crippen LogP contribution in [-0.4, -0.2) is 34.0 Å². The first-order valence-corrected chi connectivity index (χ1v) is 7.88. The van der Waals surface area contributed by atoms with E-state index in [4.69, 9.17) is 5.73 Å². The van der Waals surface area contributed by atoms with Crippen LogP contribution in [0.2, 0.25) is 0 Å². The first-order valence-electron chi connectivity index (χ1n) is 7.88. The van der Waals surface area contributed by atoms with Gasteiger partial charge in [-0.05, 0) is 49.4 Å². The van der Waals surface area contributed by atoms with Gasteiger partial charge < -0.3 is 10.7 Å². The minimum absolute atomic E-state index is 0.590. The largest absolute Gasteiger partial charge is 0.384 e. The van der Waals surface area contributed by atoms with Crippen molar-refractivity contribution in [3.63, 3.8) is 0 Å². The Hall–Kier alpha value is -1.81. The molecule has 0 aliphatic carbocycles. The van der Waals surface area contributed by atoms with Crippen LogP contribution in [0.1, 0.15) is 31.7 Å². The predicted octanol–water partition coefficient (Wildman–Crippen LogP) is 3.03. The van der Waals surface area contributed by atoms with Crippen molar-refractivity contribution in [2.45, 2.75) is 32.2 Å². The van der Waals surface area contributed by atoms with Gasteiger partial charge in [0.05, 0.1) is 11.0 Å². The summed E-state index contributed by atoms with van der Waals surface area (Å²) in [4.78, 5) is 10.5. The average Bonchev–Trinajstić information content (AvgIpc) is 2.89. The molecule has 2 atom stereocenters. The Balaban J connectivity index is 1.69. The molecule has 4 nitrogen and oxygen atoms in total. The fourth-order valence-corrected chi connectivity index (χ4v) is 3.80. The van der Waals surface area contributed by atoms with E-state index in [-0.39, 0.29) is 0 Å². The zero-order chi connectivity index (χ0) is 14.4. The second-order valence-electron chi connectivity index (χ2n) is 6.55. The lowest BCUT2D eigenvalue weighted by atomic mass is 9.85. The Morgan fingerprint density at radius 1 is 1.38 bits per heavy atom. The molecule has 0 spiro atoms. The topological polar surface area (TPSA) is 57.9 Å². The third-order valence-electron chi connectivity index (χ3n) is 5.02. The van der Waals surface area contributed by atoms with Crippen LogP contribution in [0.5, 0.6) is 0 Å². The van der Waals surface area contributed by atoms with E-state index in [1.54, 1.807) is 0 Å². The number of H-pyrrole nitrogens is 1. The fraction of sp³-hybridized carbons (Fsp3) is 0.471. The van der Waals surface area contributed by atoms with Crippen molar-refractivity contribution in [3.05, 3.63) is 30.0 Å². The summed E-state index contributed by atoms with van der Waals surface area (Å²) in [6.07, 6.45) is 8.25. The maximum Gasteiger partial charge on any atom is 0.124 e. The van der Waals surface area contributed by atoms with E-state index in [2.05, 4.69) is 34.1 Å². The molecule has 4 rings (SSSR count). The van der Waals surface area contributed by atoms with Gasteiger partial charge in [-0.3, -0.25) is 4.90 Å². The summed E-state index contributed by atoms with van der Waals surface area (Å²) in [5.74, 6) is 1.44. The lowest BCUT2D eigenvalue weighted by molar-refractivity contribution is 0.129. The molecule has 0 amide bonds. The van der Waals surface area contributed by atoms with Crippen molar-refractivity contribution < 1.29 is 0 Å². The number of aromatic nitrogens is 2. The summed E-state index contributed by atoms with van der Waals surface area (Å²) >= 11 is 0. The molecule has 0 aromatic carbocycles. The molecule has 0 radical (unpaired) electrons. The molecule has 110 valence electrons. The Labute approximate surface area is 125 Å². The normalized spacial score (nSPS) is 26.6. The highest BCUT2D eigenvalue weighted by atomic mass is 15.2. The molecule has 2 aliphatic rings. The molecule has 3 N–H and O–H groups in total. The predicted molar refractivity (Wildman–Crippen MR) is 86.9 cm³/mol. The Bertz CT molecular complexity index is 700. The van der Waals surface area contributed by atoms with Gasteiger partial charge in [0.15, 0.2) is 0 Å². The van der Waals surface area contributed by atoms with Crippen LogP contribution in [0.25, 0.3) is 16.6 Å². The molecule has 4 heterocycles. The number of pyridine rings is 1. The molecule has 2 aromatic heterocycles. The number of piperidine rings is 1. The van der Waals surface area contributed by atoms with Gasteiger partial charge in [0.2, 0.25) is 0 Å². The molecule has 4 heteroatoms. The smallest absolute Gasteiger partial charge is 0.124 e. The summed E-state index contributed by atoms with van der Waals surface area (Å²) in [6, 6.07) is 4.56. The van der Waals surface area contributed by atoms with Crippen molar-refractivity contribution in [1.82, 2.24) is 14.9 Å². The van der Waals surface area contributed by atoms with Crippen LogP contribution in [0.3, 0.4) is 0 Å². The van der Waals surface area contributed by atoms with E-state index in [0.29, 0.717) is 11.9 Å². The van der Waals surface area contributed by atoms with Gasteiger partial charge in [-0.1, -0.05) is 13.0 Å². The lowest BCUT2D eigenvalue weighted by Crippen LogP contribution is -2.44. The molecule has 2 unspecified atom stereocenters. The third-order valence-corrected chi connectivity index (χ3v) is 5.02. The minimum atomic E-state index is 0.590. The van der Waals surface area contributed by atoms with Crippen molar-refractivity contribution in [1.29, 1.82) is 0 Å². The van der Waals surface area contributed by atoms with E-state index >= 15 is 0 Å². The van der Waals surface area contributed by atoms with E-state index in [0.717, 1.165) is 29.9 Å². The zero-order valence-electron chi connectivity index (χ0n) is 12.5. The van der Waals surface area contributed by atoms with Crippen LogP contribution in [0, 0.1) is 5.92 Å². The van der Waals surface area contributed by atoms with Crippen LogP contribution >= 0.6 is 0 Å². The lowest BCUT2D eigenvalue weighted by Gasteiger charge is -2.41. The molecule has 21 heavy (non-hydrogen) atoms. The Morgan fingerprint density at radius 2 is 2.29 bits per heavy atom. The number of fused-ring (bicyclic) bond motifs is 2. The number of nitrogens with one attached hydrogen (secondary N) is 1. The highest BCUT2D eigenvalue weighted by Crippen LogP contribution is 2.35. The first-order chi connectivity index (χ1) is 10.2. The van der Waals surface area contributed by atoms with Gasteiger partial charge in [-0.25, -0.2) is 4.98 Å². The van der Waals surface area contributed by atoms with Crippen molar-refractivity contribution in [2.24, 2.45) is 5.92 Å². The molecule has 1 fully saturated rings. The van der Waals surface area contributed by atoms with Gasteiger partial charge in [-0.2, -0.15) is 0 Å². The highest BCUT2D eigenvalue weighted by molar-refractivity contribution is 5.90. The molecule has 0 bridgehead atoms. The maximum atomic E-state index is 5.85. The second-order valence-corrected chi connectivity index (χ2v) is 6.55. The number of hydrogen-bond donors (Lipinski definition) is 2. The first kappa shape index (κ1) is 12.9. The van der Waals surface area contributed by atoms with E-state index in [1.165, 1.54) is 30.5 Å². The molecular weight excluding hydrogens is 260 g/mol. The number of nitrogens with two attached hydrogens (primary N) is 1. The molecule has 1 saturated heterocycles. The SMILES string of the molecule is CC1CCN2CC=C(c3c[nH]c4ccc(N)nc34)CC2C1. The molecular formula is C17H22N4. The number of anilines is 1. The number of rotatable bonds is 1. The quantitative estimate of drug-likeness (QED) is 0.845. The Morgan fingerprint density at radius 3 is 3.19 bits per heavy atom. The van der Waals surface area contributed by atoms with E-state index < -0.39 is 0 Å². The van der Waals surface area contributed by atoms with E-state index in [1.807, 2.05) is 12.1 Å². The van der Waals surface area contributed by atoms with Gasteiger partial charge in [0.1, 0.15) is 5.82 Å². The van der Waals surface area contributed by atoms with Crippen molar-refractivity contribution >= 4 is 22.4 Å². The van der Waals surface area contributed by atoms with Crippen LogP contribution in [0.15, 0.2) is 24.4 Å². The average molecular weight is 282 g/mol. The van der Waals surface area contributed by atoms with Gasteiger partial charge in [-0.15, -0.1) is 0 Å². The van der Waals surface area contributed by atoms with Gasteiger partial charge in [0.25, 0.3) is 0 Å². The standard InChI is InChI=1S/C17H22N4/c1-11-4-6-21-7-5-12(9-13(21)8-11)14-10-19-15-2-3-16(18)20-17(14)15/h2-3,5,10-11,13,19H,4,6-9H2,1H3,(H2,18,20). The summed E-state index contributed by atoms with van der Waals surface area (Å²) in [6.45, 7) is 4.69. The summed E-state index contributed by atoms with van der Waals surface area (Å²) < 4.78 is 0. The van der Waals surface area contributed by atoms with Crippen molar-refractivity contribution in [2.75, 3.05) is 18.8 Å². The third kappa shape index (κ3) is 2.23. The van der Waals surface area contributed by atoms with Crippen LogP contribution in [-0.2, 0) is 0 Å². The molecule has 0 saturated carbocycles. The Kier molecular flexibility index (Phi) is 3.00. The number of nitrogen functional groups attached to an aromatic ring is 1. The van der Waals surface area contributed by atoms with E-state index in [9.17, 15) is 0 Å². The summed E-state index contributed by atoms with van der Waals surface area (Å²) in [7, 11) is 0. The maximum absolute atomic E-state index is 5.85. The summed E-state index contributed by atoms with van der Waals surface area (Å²) in [5, 5.41) is 0. The van der Waals surface area contributed by atoms with Crippen LogP contribution in [0.4, 0.5) is 5.82 Å². The number of hydrogen-bond acceptors (Lipinski definition) is 3.